The molecule has 0 aliphatic carbocycles. The van der Waals surface area contributed by atoms with Crippen LogP contribution in [0.25, 0.3) is 0 Å². The number of hydrogen-bond acceptors (Lipinski definition) is 6. The van der Waals surface area contributed by atoms with Crippen LogP contribution in [0.5, 0.6) is 0 Å². The van der Waals surface area contributed by atoms with Crippen molar-refractivity contribution in [2.75, 3.05) is 29.9 Å². The van der Waals surface area contributed by atoms with Crippen molar-refractivity contribution in [2.24, 2.45) is 5.73 Å². The summed E-state index contributed by atoms with van der Waals surface area (Å²) in [6, 6.07) is 13.1. The van der Waals surface area contributed by atoms with E-state index in [4.69, 9.17) is 17.3 Å². The smallest absolute Gasteiger partial charge is 0.326 e. The molecule has 1 aliphatic heterocycles. The zero-order valence-corrected chi connectivity index (χ0v) is 23.4. The van der Waals surface area contributed by atoms with Gasteiger partial charge in [0.25, 0.3) is 5.91 Å². The standard InChI is InChI=1S/C14H9ClN2O3S.C14H22N2O/c15-7-3-4-9-8(6-7)11(13(19)17(9)14(16)20)12(18)10-2-1-5-21-10;1-5-16(6-2)10-13(17)15-14-11(3)8-7-9-12(14)4/h1-6,11H,(H2,16,20);7-9H,5-6,10H2,1-4H3,(H,15,17). The van der Waals surface area contributed by atoms with Crippen molar-refractivity contribution in [3.63, 3.8) is 0 Å². The summed E-state index contributed by atoms with van der Waals surface area (Å²) in [5.74, 6) is -2.02. The Morgan fingerprint density at radius 1 is 1.05 bits per heavy atom. The molecule has 1 atom stereocenters. The molecular weight excluding hydrogens is 524 g/mol. The number of urea groups is 1. The zero-order chi connectivity index (χ0) is 28.0. The van der Waals surface area contributed by atoms with Crippen LogP contribution in [0.1, 0.15) is 46.1 Å². The first kappa shape index (κ1) is 29.0. The zero-order valence-electron chi connectivity index (χ0n) is 21.8. The molecule has 0 spiro atoms. The number of carbonyl (C=O) groups excluding carboxylic acids is 4. The van der Waals surface area contributed by atoms with Gasteiger partial charge >= 0.3 is 6.03 Å². The number of ketones is 1. The van der Waals surface area contributed by atoms with Gasteiger partial charge in [-0.1, -0.05) is 49.7 Å². The molecule has 0 bridgehead atoms. The Labute approximate surface area is 231 Å². The largest absolute Gasteiger partial charge is 0.351 e. The Bertz CT molecular complexity index is 1320. The Hall–Kier alpha value is -3.53. The van der Waals surface area contributed by atoms with Crippen molar-refractivity contribution < 1.29 is 19.2 Å². The second-order valence-corrected chi connectivity index (χ2v) is 10.2. The van der Waals surface area contributed by atoms with Gasteiger partial charge in [-0.15, -0.1) is 11.3 Å². The number of anilines is 2. The Balaban J connectivity index is 0.000000216. The number of nitrogens with zero attached hydrogens (tertiary/aromatic N) is 2. The molecule has 0 saturated carbocycles. The number of nitrogens with one attached hydrogen (secondary N) is 1. The molecule has 0 radical (unpaired) electrons. The van der Waals surface area contributed by atoms with Gasteiger partial charge in [0.05, 0.1) is 17.1 Å². The first-order valence-corrected chi connectivity index (χ1v) is 13.4. The first-order chi connectivity index (χ1) is 18.1. The summed E-state index contributed by atoms with van der Waals surface area (Å²) in [4.78, 5) is 51.7. The number of para-hydroxylation sites is 1. The minimum absolute atomic E-state index is 0.0612. The van der Waals surface area contributed by atoms with Gasteiger partial charge < -0.3 is 11.1 Å². The highest BCUT2D eigenvalue weighted by Crippen LogP contribution is 2.40. The number of thiophene rings is 1. The fourth-order valence-corrected chi connectivity index (χ4v) is 5.10. The Morgan fingerprint density at radius 2 is 1.71 bits per heavy atom. The maximum atomic E-state index is 12.5. The van der Waals surface area contributed by atoms with E-state index in [2.05, 4.69) is 24.1 Å². The molecular formula is C28H31ClN4O4S. The molecule has 8 nitrogen and oxygen atoms in total. The van der Waals surface area contributed by atoms with Crippen LogP contribution in [0.4, 0.5) is 16.2 Å². The van der Waals surface area contributed by atoms with E-state index in [9.17, 15) is 19.2 Å². The predicted molar refractivity (Wildman–Crippen MR) is 152 cm³/mol. The molecule has 2 heterocycles. The van der Waals surface area contributed by atoms with E-state index >= 15 is 0 Å². The van der Waals surface area contributed by atoms with Crippen LogP contribution in [0.2, 0.25) is 5.02 Å². The van der Waals surface area contributed by atoms with Crippen molar-refractivity contribution >= 4 is 57.9 Å². The van der Waals surface area contributed by atoms with Gasteiger partial charge in [0.1, 0.15) is 5.92 Å². The number of primary amides is 1. The molecule has 3 aromatic rings. The highest BCUT2D eigenvalue weighted by molar-refractivity contribution is 7.12. The molecule has 2 aromatic carbocycles. The van der Waals surface area contributed by atoms with E-state index in [1.807, 2.05) is 32.0 Å². The number of nitrogens with two attached hydrogens (primary N) is 1. The third-order valence-electron chi connectivity index (χ3n) is 6.26. The number of imide groups is 1. The summed E-state index contributed by atoms with van der Waals surface area (Å²) in [5.41, 5.74) is 9.13. The number of fused-ring (bicyclic) bond motifs is 1. The minimum Gasteiger partial charge on any atom is -0.351 e. The van der Waals surface area contributed by atoms with Gasteiger partial charge in [-0.25, -0.2) is 9.69 Å². The number of amides is 4. The Morgan fingerprint density at radius 3 is 2.26 bits per heavy atom. The minimum atomic E-state index is -1.08. The average molecular weight is 555 g/mol. The van der Waals surface area contributed by atoms with Gasteiger partial charge in [0.15, 0.2) is 5.78 Å². The molecule has 1 unspecified atom stereocenters. The molecule has 200 valence electrons. The van der Waals surface area contributed by atoms with Crippen LogP contribution in [0.3, 0.4) is 0 Å². The molecule has 0 saturated heterocycles. The molecule has 38 heavy (non-hydrogen) atoms. The van der Waals surface area contributed by atoms with Crippen LogP contribution in [-0.2, 0) is 9.59 Å². The van der Waals surface area contributed by atoms with Gasteiger partial charge in [-0.05, 0) is 73.3 Å². The SMILES string of the molecule is CCN(CC)CC(=O)Nc1c(C)cccc1C.NC(=O)N1C(=O)C(C(=O)c2cccs2)c2cc(Cl)ccc21. The van der Waals surface area contributed by atoms with Gasteiger partial charge in [0.2, 0.25) is 5.91 Å². The molecule has 4 amide bonds. The molecule has 10 heteroatoms. The lowest BCUT2D eigenvalue weighted by atomic mass is 9.95. The van der Waals surface area contributed by atoms with Crippen LogP contribution >= 0.6 is 22.9 Å². The van der Waals surface area contributed by atoms with Gasteiger partial charge in [-0.2, -0.15) is 0 Å². The van der Waals surface area contributed by atoms with E-state index in [1.54, 1.807) is 23.6 Å². The summed E-state index contributed by atoms with van der Waals surface area (Å²) >= 11 is 7.18. The predicted octanol–water partition coefficient (Wildman–Crippen LogP) is 5.38. The Kier molecular flexibility index (Phi) is 9.79. The lowest BCUT2D eigenvalue weighted by molar-refractivity contribution is -0.118. The number of carbonyl (C=O) groups is 4. The lowest BCUT2D eigenvalue weighted by Crippen LogP contribution is -2.40. The van der Waals surface area contributed by atoms with Crippen molar-refractivity contribution in [3.05, 3.63) is 80.5 Å². The number of halogens is 1. The van der Waals surface area contributed by atoms with Crippen LogP contribution in [-0.4, -0.2) is 48.2 Å². The highest BCUT2D eigenvalue weighted by Gasteiger charge is 2.44. The van der Waals surface area contributed by atoms with Crippen LogP contribution < -0.4 is 16.0 Å². The van der Waals surface area contributed by atoms with Crippen LogP contribution in [0, 0.1) is 13.8 Å². The van der Waals surface area contributed by atoms with Crippen molar-refractivity contribution in [1.82, 2.24) is 4.90 Å². The lowest BCUT2D eigenvalue weighted by Gasteiger charge is -2.18. The first-order valence-electron chi connectivity index (χ1n) is 12.2. The third-order valence-corrected chi connectivity index (χ3v) is 7.38. The maximum absolute atomic E-state index is 12.5. The summed E-state index contributed by atoms with van der Waals surface area (Å²) < 4.78 is 0. The molecule has 4 rings (SSSR count). The maximum Gasteiger partial charge on any atom is 0.326 e. The number of Topliss-reactive ketones (excluding diaryl/α,β-unsaturated/α-hetero) is 1. The van der Waals surface area contributed by atoms with E-state index < -0.39 is 17.9 Å². The highest BCUT2D eigenvalue weighted by atomic mass is 35.5. The number of aryl methyl sites for hydroxylation is 2. The van der Waals surface area contributed by atoms with Crippen molar-refractivity contribution in [3.8, 4) is 0 Å². The number of likely N-dealkylation sites (N-methyl/N-ethyl adjacent to an activating group) is 1. The normalized spacial score (nSPS) is 14.1. The molecule has 0 fully saturated rings. The number of benzene rings is 2. The number of rotatable bonds is 7. The van der Waals surface area contributed by atoms with Crippen LogP contribution in [0.15, 0.2) is 53.9 Å². The quantitative estimate of drug-likeness (QED) is 0.301. The summed E-state index contributed by atoms with van der Waals surface area (Å²) in [5, 5.41) is 5.13. The fraction of sp³-hybridized carbons (Fsp3) is 0.286. The summed E-state index contributed by atoms with van der Waals surface area (Å²) in [6.45, 7) is 10.4. The summed E-state index contributed by atoms with van der Waals surface area (Å²) in [6.07, 6.45) is 0. The molecule has 3 N–H and O–H groups in total. The van der Waals surface area contributed by atoms with Gasteiger partial charge in [0, 0.05) is 10.7 Å². The summed E-state index contributed by atoms with van der Waals surface area (Å²) in [7, 11) is 0. The second-order valence-electron chi connectivity index (χ2n) is 8.77. The number of hydrogen-bond donors (Lipinski definition) is 2. The average Bonchev–Trinajstić information content (AvgIpc) is 3.51. The molecule has 1 aromatic heterocycles. The topological polar surface area (TPSA) is 113 Å². The van der Waals surface area contributed by atoms with E-state index in [0.29, 0.717) is 27.7 Å². The van der Waals surface area contributed by atoms with Crippen molar-refractivity contribution in [2.45, 2.75) is 33.6 Å². The fourth-order valence-electron chi connectivity index (χ4n) is 4.22. The molecule has 1 aliphatic rings. The monoisotopic (exact) mass is 554 g/mol. The third kappa shape index (κ3) is 6.48. The van der Waals surface area contributed by atoms with E-state index in [0.717, 1.165) is 34.8 Å². The van der Waals surface area contributed by atoms with Gasteiger partial charge in [-0.3, -0.25) is 19.3 Å². The van der Waals surface area contributed by atoms with E-state index in [1.165, 1.54) is 23.5 Å². The second kappa shape index (κ2) is 12.8. The van der Waals surface area contributed by atoms with Crippen molar-refractivity contribution in [1.29, 1.82) is 0 Å². The van der Waals surface area contributed by atoms with E-state index in [-0.39, 0.29) is 11.7 Å².